The summed E-state index contributed by atoms with van der Waals surface area (Å²) in [4.78, 5) is 14.4. The SMILES string of the molecule is O=C(c1cc(Cl)cc(Br)c1)N1CCOc2ccccc21. The molecule has 0 atom stereocenters. The van der Waals surface area contributed by atoms with Gasteiger partial charge in [-0.3, -0.25) is 4.79 Å². The monoisotopic (exact) mass is 351 g/mol. The largest absolute Gasteiger partial charge is 0.490 e. The average Bonchev–Trinajstić information content (AvgIpc) is 2.45. The molecule has 3 rings (SSSR count). The molecule has 5 heteroatoms. The number of ether oxygens (including phenoxy) is 1. The molecule has 0 bridgehead atoms. The van der Waals surface area contributed by atoms with E-state index in [0.29, 0.717) is 23.7 Å². The smallest absolute Gasteiger partial charge is 0.258 e. The number of anilines is 1. The van der Waals surface area contributed by atoms with Gasteiger partial charge >= 0.3 is 0 Å². The van der Waals surface area contributed by atoms with Crippen LogP contribution in [0, 0.1) is 0 Å². The first-order valence-corrected chi connectivity index (χ1v) is 7.32. The van der Waals surface area contributed by atoms with E-state index in [9.17, 15) is 4.79 Å². The molecule has 0 radical (unpaired) electrons. The quantitative estimate of drug-likeness (QED) is 0.772. The lowest BCUT2D eigenvalue weighted by Crippen LogP contribution is -2.37. The minimum absolute atomic E-state index is 0.0797. The fourth-order valence-electron chi connectivity index (χ4n) is 2.21. The molecule has 0 N–H and O–H groups in total. The summed E-state index contributed by atoms with van der Waals surface area (Å²) in [6, 6.07) is 12.7. The van der Waals surface area contributed by atoms with Gasteiger partial charge in [0.1, 0.15) is 12.4 Å². The summed E-state index contributed by atoms with van der Waals surface area (Å²) in [5, 5.41) is 0.532. The van der Waals surface area contributed by atoms with E-state index in [1.165, 1.54) is 0 Å². The molecule has 2 aromatic carbocycles. The Hall–Kier alpha value is -1.52. The second-order valence-corrected chi connectivity index (χ2v) is 5.78. The van der Waals surface area contributed by atoms with Crippen LogP contribution in [0.3, 0.4) is 0 Å². The van der Waals surface area contributed by atoms with E-state index in [-0.39, 0.29) is 5.91 Å². The van der Waals surface area contributed by atoms with E-state index in [0.717, 1.165) is 15.9 Å². The Morgan fingerprint density at radius 3 is 2.85 bits per heavy atom. The van der Waals surface area contributed by atoms with Gasteiger partial charge in [-0.2, -0.15) is 0 Å². The highest BCUT2D eigenvalue weighted by Gasteiger charge is 2.24. The lowest BCUT2D eigenvalue weighted by Gasteiger charge is -2.29. The molecule has 0 saturated carbocycles. The van der Waals surface area contributed by atoms with Crippen molar-refractivity contribution in [2.24, 2.45) is 0 Å². The first-order valence-electron chi connectivity index (χ1n) is 6.15. The van der Waals surface area contributed by atoms with Crippen molar-refractivity contribution in [1.29, 1.82) is 0 Å². The zero-order valence-electron chi connectivity index (χ0n) is 10.5. The van der Waals surface area contributed by atoms with Crippen LogP contribution in [0.4, 0.5) is 5.69 Å². The molecular weight excluding hydrogens is 342 g/mol. The first-order chi connectivity index (χ1) is 9.65. The number of carbonyl (C=O) groups is 1. The highest BCUT2D eigenvalue weighted by atomic mass is 79.9. The fourth-order valence-corrected chi connectivity index (χ4v) is 3.07. The Morgan fingerprint density at radius 1 is 1.25 bits per heavy atom. The third kappa shape index (κ3) is 2.53. The van der Waals surface area contributed by atoms with Crippen molar-refractivity contribution in [2.45, 2.75) is 0 Å². The van der Waals surface area contributed by atoms with Crippen LogP contribution in [0.25, 0.3) is 0 Å². The molecule has 20 heavy (non-hydrogen) atoms. The normalized spacial score (nSPS) is 13.6. The Bertz CT molecular complexity index is 654. The number of carbonyl (C=O) groups excluding carboxylic acids is 1. The van der Waals surface area contributed by atoms with E-state index in [1.807, 2.05) is 24.3 Å². The number of fused-ring (bicyclic) bond motifs is 1. The molecule has 102 valence electrons. The van der Waals surface area contributed by atoms with Gasteiger partial charge in [-0.1, -0.05) is 39.7 Å². The van der Waals surface area contributed by atoms with Crippen molar-refractivity contribution in [2.75, 3.05) is 18.1 Å². The van der Waals surface area contributed by atoms with Crippen molar-refractivity contribution < 1.29 is 9.53 Å². The molecule has 2 aromatic rings. The Labute approximate surface area is 130 Å². The van der Waals surface area contributed by atoms with Crippen LogP contribution in [-0.2, 0) is 0 Å². The van der Waals surface area contributed by atoms with Crippen molar-refractivity contribution in [1.82, 2.24) is 0 Å². The minimum atomic E-state index is -0.0797. The van der Waals surface area contributed by atoms with Crippen LogP contribution in [-0.4, -0.2) is 19.1 Å². The van der Waals surface area contributed by atoms with Gasteiger partial charge in [0.05, 0.1) is 12.2 Å². The molecule has 3 nitrogen and oxygen atoms in total. The second kappa shape index (κ2) is 5.46. The average molecular weight is 353 g/mol. The van der Waals surface area contributed by atoms with Gasteiger partial charge in [-0.25, -0.2) is 0 Å². The molecule has 0 aromatic heterocycles. The molecule has 1 heterocycles. The zero-order chi connectivity index (χ0) is 14.1. The third-order valence-corrected chi connectivity index (χ3v) is 3.76. The summed E-state index contributed by atoms with van der Waals surface area (Å²) >= 11 is 9.37. The van der Waals surface area contributed by atoms with Crippen LogP contribution in [0.15, 0.2) is 46.9 Å². The molecular formula is C15H11BrClNO2. The summed E-state index contributed by atoms with van der Waals surface area (Å²) in [5.41, 5.74) is 1.35. The summed E-state index contributed by atoms with van der Waals surface area (Å²) in [6.07, 6.45) is 0. The maximum Gasteiger partial charge on any atom is 0.258 e. The van der Waals surface area contributed by atoms with Gasteiger partial charge in [-0.05, 0) is 30.3 Å². The van der Waals surface area contributed by atoms with E-state index in [1.54, 1.807) is 23.1 Å². The number of hydrogen-bond acceptors (Lipinski definition) is 2. The van der Waals surface area contributed by atoms with Crippen LogP contribution >= 0.6 is 27.5 Å². The number of benzene rings is 2. The number of hydrogen-bond donors (Lipinski definition) is 0. The topological polar surface area (TPSA) is 29.5 Å². The van der Waals surface area contributed by atoms with Crippen molar-refractivity contribution in [3.63, 3.8) is 0 Å². The van der Waals surface area contributed by atoms with Gasteiger partial charge in [-0.15, -0.1) is 0 Å². The molecule has 0 aliphatic carbocycles. The highest BCUT2D eigenvalue weighted by molar-refractivity contribution is 9.10. The highest BCUT2D eigenvalue weighted by Crippen LogP contribution is 2.32. The van der Waals surface area contributed by atoms with Gasteiger partial charge in [0.15, 0.2) is 0 Å². The summed E-state index contributed by atoms with van der Waals surface area (Å²) in [6.45, 7) is 1.02. The van der Waals surface area contributed by atoms with Crippen molar-refractivity contribution in [3.8, 4) is 5.75 Å². The number of nitrogens with zero attached hydrogens (tertiary/aromatic N) is 1. The maximum atomic E-state index is 12.7. The zero-order valence-corrected chi connectivity index (χ0v) is 12.8. The van der Waals surface area contributed by atoms with Crippen LogP contribution in [0.2, 0.25) is 5.02 Å². The third-order valence-electron chi connectivity index (χ3n) is 3.08. The van der Waals surface area contributed by atoms with Gasteiger partial charge in [0.25, 0.3) is 5.91 Å². The lowest BCUT2D eigenvalue weighted by molar-refractivity contribution is 0.0976. The van der Waals surface area contributed by atoms with Crippen molar-refractivity contribution >= 4 is 39.1 Å². The molecule has 0 unspecified atom stereocenters. The van der Waals surface area contributed by atoms with Gasteiger partial charge < -0.3 is 9.64 Å². The number of amides is 1. The maximum absolute atomic E-state index is 12.7. The predicted molar refractivity (Wildman–Crippen MR) is 82.8 cm³/mol. The summed E-state index contributed by atoms with van der Waals surface area (Å²) < 4.78 is 6.34. The number of para-hydroxylation sites is 2. The summed E-state index contributed by atoms with van der Waals surface area (Å²) in [7, 11) is 0. The standard InChI is InChI=1S/C15H11BrClNO2/c16-11-7-10(8-12(17)9-11)15(19)18-5-6-20-14-4-2-1-3-13(14)18/h1-4,7-9H,5-6H2. The Kier molecular flexibility index (Phi) is 3.68. The Balaban J connectivity index is 1.99. The van der Waals surface area contributed by atoms with Crippen LogP contribution < -0.4 is 9.64 Å². The summed E-state index contributed by atoms with van der Waals surface area (Å²) in [5.74, 6) is 0.650. The molecule has 1 amide bonds. The lowest BCUT2D eigenvalue weighted by atomic mass is 10.1. The fraction of sp³-hybridized carbons (Fsp3) is 0.133. The predicted octanol–water partition coefficient (Wildman–Crippen LogP) is 4.14. The Morgan fingerprint density at radius 2 is 2.05 bits per heavy atom. The second-order valence-electron chi connectivity index (χ2n) is 4.43. The van der Waals surface area contributed by atoms with Gasteiger partial charge in [0.2, 0.25) is 0 Å². The number of halogens is 2. The van der Waals surface area contributed by atoms with Crippen LogP contribution in [0.5, 0.6) is 5.75 Å². The van der Waals surface area contributed by atoms with Crippen molar-refractivity contribution in [3.05, 3.63) is 57.5 Å². The minimum Gasteiger partial charge on any atom is -0.490 e. The number of rotatable bonds is 1. The van der Waals surface area contributed by atoms with Crippen LogP contribution in [0.1, 0.15) is 10.4 Å². The molecule has 1 aliphatic heterocycles. The molecule has 0 spiro atoms. The van der Waals surface area contributed by atoms with E-state index >= 15 is 0 Å². The molecule has 0 fully saturated rings. The van der Waals surface area contributed by atoms with Gasteiger partial charge in [0, 0.05) is 15.1 Å². The first kappa shape index (κ1) is 13.5. The van der Waals surface area contributed by atoms with E-state index in [2.05, 4.69) is 15.9 Å². The molecule has 0 saturated heterocycles. The van der Waals surface area contributed by atoms with E-state index in [4.69, 9.17) is 16.3 Å². The molecule has 1 aliphatic rings. The van der Waals surface area contributed by atoms with E-state index < -0.39 is 0 Å².